The Bertz CT molecular complexity index is 1450. The van der Waals surface area contributed by atoms with Gasteiger partial charge in [-0.05, 0) is 59.9 Å². The number of terminal acetylenes is 1. The van der Waals surface area contributed by atoms with Crippen LogP contribution in [0.5, 0.6) is 0 Å². The van der Waals surface area contributed by atoms with Crippen molar-refractivity contribution in [3.8, 4) is 12.3 Å². The van der Waals surface area contributed by atoms with Crippen LogP contribution in [-0.4, -0.2) is 19.5 Å². The maximum atomic E-state index is 7.36. The van der Waals surface area contributed by atoms with E-state index in [-0.39, 0.29) is 11.6 Å². The van der Waals surface area contributed by atoms with Crippen LogP contribution in [0.15, 0.2) is 55.0 Å². The quantitative estimate of drug-likeness (QED) is 0.288. The molecule has 6 nitrogen and oxygen atoms in total. The van der Waals surface area contributed by atoms with Crippen LogP contribution in [0.3, 0.4) is 0 Å². The summed E-state index contributed by atoms with van der Waals surface area (Å²) in [5, 5.41) is 0. The van der Waals surface area contributed by atoms with Crippen molar-refractivity contribution in [2.45, 2.75) is 33.2 Å². The van der Waals surface area contributed by atoms with Gasteiger partial charge in [0.2, 0.25) is 0 Å². The van der Waals surface area contributed by atoms with Gasteiger partial charge < -0.3 is 9.69 Å². The average Bonchev–Trinajstić information content (AvgIpc) is 3.23. The summed E-state index contributed by atoms with van der Waals surface area (Å²) in [5.74, 6) is 3.83. The Hall–Kier alpha value is -4.73. The summed E-state index contributed by atoms with van der Waals surface area (Å²) >= 11 is 0. The Morgan fingerprint density at radius 2 is 1.68 bits per heavy atom. The maximum Gasteiger partial charge on any atom is 0.293 e. The van der Waals surface area contributed by atoms with E-state index in [2.05, 4.69) is 51.6 Å². The molecule has 0 spiro atoms. The molecule has 0 bridgehead atoms. The van der Waals surface area contributed by atoms with Gasteiger partial charge in [-0.25, -0.2) is 9.97 Å². The first-order valence-electron chi connectivity index (χ1n) is 10.8. The molecule has 0 atom stereocenters. The topological polar surface area (TPSA) is 52.3 Å². The minimum absolute atomic E-state index is 0.145. The first-order chi connectivity index (χ1) is 16.5. The van der Waals surface area contributed by atoms with Crippen LogP contribution in [0.2, 0.25) is 0 Å². The minimum Gasteiger partial charge on any atom is -0.373 e. The van der Waals surface area contributed by atoms with Crippen LogP contribution >= 0.6 is 0 Å². The molecule has 4 aromatic rings. The number of hydrogen-bond donors (Lipinski definition) is 0. The summed E-state index contributed by atoms with van der Waals surface area (Å²) in [6.07, 6.45) is 10.2. The number of hydrogen-bond acceptors (Lipinski definition) is 3. The van der Waals surface area contributed by atoms with Crippen molar-refractivity contribution in [1.82, 2.24) is 19.5 Å². The first-order valence-corrected chi connectivity index (χ1v) is 10.8. The lowest BCUT2D eigenvalue weighted by atomic mass is 9.95. The summed E-state index contributed by atoms with van der Waals surface area (Å²) in [6, 6.07) is 14.1. The highest BCUT2D eigenvalue weighted by molar-refractivity contribution is 5.62. The summed E-state index contributed by atoms with van der Waals surface area (Å²) in [4.78, 5) is 20.1. The molecule has 0 aliphatic rings. The molecule has 34 heavy (non-hydrogen) atoms. The van der Waals surface area contributed by atoms with Gasteiger partial charge in [0.1, 0.15) is 12.4 Å². The first kappa shape index (κ1) is 22.5. The molecule has 6 heteroatoms. The lowest BCUT2D eigenvalue weighted by Gasteiger charge is -2.13. The monoisotopic (exact) mass is 442 g/mol. The van der Waals surface area contributed by atoms with E-state index in [1.165, 1.54) is 5.56 Å². The number of aromatic nitrogens is 4. The van der Waals surface area contributed by atoms with Crippen molar-refractivity contribution in [2.75, 3.05) is 0 Å². The molecule has 4 rings (SSSR count). The average molecular weight is 443 g/mol. The summed E-state index contributed by atoms with van der Waals surface area (Å²) in [5.41, 5.74) is 7.56. The molecule has 0 unspecified atom stereocenters. The normalized spacial score (nSPS) is 10.3. The van der Waals surface area contributed by atoms with Gasteiger partial charge in [0, 0.05) is 30.3 Å². The van der Waals surface area contributed by atoms with Gasteiger partial charge in [0.25, 0.3) is 18.0 Å². The standard InChI is InChI=1S/C28H22N6/c1-6-21-7-9-22(10-8-21)15-26-31-12-11-24(33-26)16-25-19(2)13-23(14-20(25)3)17-34-18-32-27(29-4)28(34)30-5/h1,7-14,18H,15-17H2,2-3H3. The van der Waals surface area contributed by atoms with Crippen molar-refractivity contribution in [2.24, 2.45) is 0 Å². The molecular weight excluding hydrogens is 420 g/mol. The van der Waals surface area contributed by atoms with Crippen molar-refractivity contribution in [3.05, 3.63) is 123 Å². The van der Waals surface area contributed by atoms with E-state index in [4.69, 9.17) is 24.6 Å². The van der Waals surface area contributed by atoms with Crippen molar-refractivity contribution >= 4 is 11.6 Å². The lowest BCUT2D eigenvalue weighted by Crippen LogP contribution is -2.05. The Morgan fingerprint density at radius 1 is 0.941 bits per heavy atom. The van der Waals surface area contributed by atoms with E-state index in [1.807, 2.05) is 36.5 Å². The predicted molar refractivity (Wildman–Crippen MR) is 132 cm³/mol. The van der Waals surface area contributed by atoms with Gasteiger partial charge in [-0.15, -0.1) is 6.42 Å². The van der Waals surface area contributed by atoms with Crippen molar-refractivity contribution in [1.29, 1.82) is 0 Å². The van der Waals surface area contributed by atoms with Gasteiger partial charge in [0.05, 0.1) is 0 Å². The van der Waals surface area contributed by atoms with Gasteiger partial charge >= 0.3 is 0 Å². The smallest absolute Gasteiger partial charge is 0.293 e. The molecule has 0 radical (unpaired) electrons. The van der Waals surface area contributed by atoms with Gasteiger partial charge in [0.15, 0.2) is 0 Å². The third kappa shape index (κ3) is 4.85. The van der Waals surface area contributed by atoms with Crippen LogP contribution in [-0.2, 0) is 19.4 Å². The van der Waals surface area contributed by atoms with Gasteiger partial charge in [-0.3, -0.25) is 4.57 Å². The van der Waals surface area contributed by atoms with Crippen molar-refractivity contribution in [3.63, 3.8) is 0 Å². The molecular formula is C28H22N6. The molecule has 0 saturated carbocycles. The molecule has 164 valence electrons. The second kappa shape index (κ2) is 9.82. The number of imidazole rings is 1. The third-order valence-electron chi connectivity index (χ3n) is 5.72. The van der Waals surface area contributed by atoms with E-state index in [1.54, 1.807) is 10.9 Å². The van der Waals surface area contributed by atoms with E-state index in [0.717, 1.165) is 39.3 Å². The molecule has 2 aromatic carbocycles. The van der Waals surface area contributed by atoms with Crippen LogP contribution in [0.1, 0.15) is 44.9 Å². The fourth-order valence-corrected chi connectivity index (χ4v) is 4.03. The predicted octanol–water partition coefficient (Wildman–Crippen LogP) is 5.60. The molecule has 2 aromatic heterocycles. The zero-order valence-corrected chi connectivity index (χ0v) is 19.1. The molecule has 0 N–H and O–H groups in total. The fraction of sp³-hybridized carbons (Fsp3) is 0.179. The maximum absolute atomic E-state index is 7.36. The molecule has 0 aliphatic heterocycles. The van der Waals surface area contributed by atoms with Crippen LogP contribution in [0, 0.1) is 39.3 Å². The van der Waals surface area contributed by atoms with Crippen molar-refractivity contribution < 1.29 is 0 Å². The molecule has 0 amide bonds. The molecule has 0 saturated heterocycles. The van der Waals surface area contributed by atoms with Crippen LogP contribution in [0.4, 0.5) is 11.6 Å². The van der Waals surface area contributed by atoms with E-state index in [9.17, 15) is 0 Å². The summed E-state index contributed by atoms with van der Waals surface area (Å²) < 4.78 is 1.72. The largest absolute Gasteiger partial charge is 0.373 e. The summed E-state index contributed by atoms with van der Waals surface area (Å²) in [7, 11) is 0. The minimum atomic E-state index is 0.145. The molecule has 2 heterocycles. The summed E-state index contributed by atoms with van der Waals surface area (Å²) in [6.45, 7) is 19.2. The third-order valence-corrected chi connectivity index (χ3v) is 5.72. The van der Waals surface area contributed by atoms with Crippen LogP contribution in [0.25, 0.3) is 9.69 Å². The lowest BCUT2D eigenvalue weighted by molar-refractivity contribution is 0.807. The highest BCUT2D eigenvalue weighted by atomic mass is 15.2. The Labute approximate surface area is 199 Å². The second-order valence-corrected chi connectivity index (χ2v) is 8.11. The van der Waals surface area contributed by atoms with Gasteiger partial charge in [-0.2, -0.15) is 0 Å². The highest BCUT2D eigenvalue weighted by Gasteiger charge is 2.15. The van der Waals surface area contributed by atoms with Gasteiger partial charge in [-0.1, -0.05) is 48.3 Å². The zero-order valence-electron chi connectivity index (χ0n) is 19.1. The number of aryl methyl sites for hydroxylation is 2. The van der Waals surface area contributed by atoms with E-state index in [0.29, 0.717) is 19.4 Å². The highest BCUT2D eigenvalue weighted by Crippen LogP contribution is 2.28. The number of rotatable bonds is 6. The van der Waals surface area contributed by atoms with Crippen LogP contribution < -0.4 is 0 Å². The zero-order chi connectivity index (χ0) is 24.1. The SMILES string of the molecule is [C-]#[N+]c1ncn(Cc2cc(C)c(Cc3ccnc(Cc4ccc(C#C)cc4)n3)c(C)c2)c1[N+]#[C-]. The second-order valence-electron chi connectivity index (χ2n) is 8.11. The number of benzene rings is 2. The fourth-order valence-electron chi connectivity index (χ4n) is 4.03. The van der Waals surface area contributed by atoms with E-state index < -0.39 is 0 Å². The Morgan fingerprint density at radius 3 is 2.32 bits per heavy atom. The number of nitrogens with zero attached hydrogens (tertiary/aromatic N) is 6. The molecule has 0 aliphatic carbocycles. The van der Waals surface area contributed by atoms with E-state index >= 15 is 0 Å². The molecule has 0 fully saturated rings. The Kier molecular flexibility index (Phi) is 6.49. The Balaban J connectivity index is 1.53.